The van der Waals surface area contributed by atoms with E-state index in [2.05, 4.69) is 10.2 Å². The van der Waals surface area contributed by atoms with E-state index < -0.39 is 11.7 Å². The monoisotopic (exact) mass is 391 g/mol. The van der Waals surface area contributed by atoms with Gasteiger partial charge in [0.1, 0.15) is 11.4 Å². The van der Waals surface area contributed by atoms with Crippen molar-refractivity contribution in [1.82, 2.24) is 10.2 Å². The second-order valence-corrected chi connectivity index (χ2v) is 8.63. The lowest BCUT2D eigenvalue weighted by molar-refractivity contribution is -0.122. The molecule has 28 heavy (non-hydrogen) atoms. The van der Waals surface area contributed by atoms with Crippen molar-refractivity contribution in [2.45, 2.75) is 51.7 Å². The van der Waals surface area contributed by atoms with Gasteiger partial charge < -0.3 is 15.0 Å². The number of nitrogens with one attached hydrogen (secondary N) is 1. The van der Waals surface area contributed by atoms with Crippen LogP contribution in [0.1, 0.15) is 40.0 Å². The Balaban J connectivity index is 1.55. The van der Waals surface area contributed by atoms with Gasteiger partial charge in [-0.3, -0.25) is 9.69 Å². The van der Waals surface area contributed by atoms with Crippen LogP contribution in [0.2, 0.25) is 0 Å². The highest BCUT2D eigenvalue weighted by molar-refractivity contribution is 5.99. The minimum absolute atomic E-state index is 0.0362. The summed E-state index contributed by atoms with van der Waals surface area (Å²) in [5, 5.41) is 2.84. The van der Waals surface area contributed by atoms with Gasteiger partial charge in [0.25, 0.3) is 0 Å². The van der Waals surface area contributed by atoms with Gasteiger partial charge in [0.05, 0.1) is 11.7 Å². The van der Waals surface area contributed by atoms with Gasteiger partial charge in [-0.25, -0.2) is 9.18 Å². The van der Waals surface area contributed by atoms with Crippen LogP contribution in [-0.4, -0.2) is 54.7 Å². The summed E-state index contributed by atoms with van der Waals surface area (Å²) in [6.45, 7) is 8.17. The summed E-state index contributed by atoms with van der Waals surface area (Å²) in [4.78, 5) is 28.5. The lowest BCUT2D eigenvalue weighted by Crippen LogP contribution is -2.49. The second-order valence-electron chi connectivity index (χ2n) is 8.63. The number of ether oxygens (including phenoxy) is 1. The molecule has 0 radical (unpaired) electrons. The fraction of sp³-hybridized carbons (Fsp3) is 0.619. The van der Waals surface area contributed by atoms with Crippen LogP contribution in [0.25, 0.3) is 0 Å². The van der Waals surface area contributed by atoms with E-state index in [9.17, 15) is 14.0 Å². The first-order valence-corrected chi connectivity index (χ1v) is 10.0. The first-order valence-electron chi connectivity index (χ1n) is 10.0. The van der Waals surface area contributed by atoms with Gasteiger partial charge in [-0.2, -0.15) is 0 Å². The smallest absolute Gasteiger partial charge is 0.407 e. The van der Waals surface area contributed by atoms with Gasteiger partial charge in [-0.15, -0.1) is 0 Å². The first-order chi connectivity index (χ1) is 13.2. The number of halogens is 1. The molecule has 2 aliphatic heterocycles. The fourth-order valence-electron chi connectivity index (χ4n) is 4.00. The van der Waals surface area contributed by atoms with Crippen molar-refractivity contribution in [3.63, 3.8) is 0 Å². The van der Waals surface area contributed by atoms with E-state index in [4.69, 9.17) is 4.74 Å². The highest BCUT2D eigenvalue weighted by Gasteiger charge is 2.39. The van der Waals surface area contributed by atoms with Crippen LogP contribution < -0.4 is 10.2 Å². The van der Waals surface area contributed by atoms with Gasteiger partial charge in [0.15, 0.2) is 0 Å². The molecule has 2 fully saturated rings. The summed E-state index contributed by atoms with van der Waals surface area (Å²) in [7, 11) is 0. The minimum atomic E-state index is -0.519. The predicted octanol–water partition coefficient (Wildman–Crippen LogP) is 3.17. The lowest BCUT2D eigenvalue weighted by atomic mass is 9.96. The summed E-state index contributed by atoms with van der Waals surface area (Å²) in [5.41, 5.74) is -0.162. The Bertz CT molecular complexity index is 719. The minimum Gasteiger partial charge on any atom is -0.444 e. The summed E-state index contributed by atoms with van der Waals surface area (Å²) < 4.78 is 19.4. The molecule has 6 nitrogen and oxygen atoms in total. The van der Waals surface area contributed by atoms with Crippen LogP contribution >= 0.6 is 0 Å². The van der Waals surface area contributed by atoms with Crippen molar-refractivity contribution in [2.75, 3.05) is 31.1 Å². The van der Waals surface area contributed by atoms with Crippen molar-refractivity contribution < 1.29 is 18.7 Å². The van der Waals surface area contributed by atoms with E-state index in [0.29, 0.717) is 25.2 Å². The van der Waals surface area contributed by atoms with Crippen molar-refractivity contribution in [3.8, 4) is 0 Å². The molecule has 3 rings (SSSR count). The van der Waals surface area contributed by atoms with Crippen LogP contribution in [0, 0.1) is 11.7 Å². The molecular weight excluding hydrogens is 361 g/mol. The Morgan fingerprint density at radius 1 is 1.25 bits per heavy atom. The zero-order valence-corrected chi connectivity index (χ0v) is 16.9. The van der Waals surface area contributed by atoms with E-state index >= 15 is 0 Å². The molecule has 1 aromatic carbocycles. The number of para-hydroxylation sites is 1. The zero-order chi connectivity index (χ0) is 20.3. The maximum absolute atomic E-state index is 14.1. The average molecular weight is 391 g/mol. The van der Waals surface area contributed by atoms with Gasteiger partial charge in [0.2, 0.25) is 5.91 Å². The molecule has 0 bridgehead atoms. The average Bonchev–Trinajstić information content (AvgIpc) is 3.01. The SMILES string of the molecule is CC(C)(C)OC(=O)NCC1CCCN(C2CCN(c3ccccc3F)C2=O)C1. The van der Waals surface area contributed by atoms with Crippen LogP contribution in [0.5, 0.6) is 0 Å². The molecule has 0 aromatic heterocycles. The van der Waals surface area contributed by atoms with Gasteiger partial charge in [-0.1, -0.05) is 12.1 Å². The molecule has 1 N–H and O–H groups in total. The molecule has 2 atom stereocenters. The van der Waals surface area contributed by atoms with Crippen LogP contribution in [-0.2, 0) is 9.53 Å². The number of alkyl carbamates (subject to hydrolysis) is 1. The molecule has 0 saturated carbocycles. The Labute approximate surface area is 166 Å². The summed E-state index contributed by atoms with van der Waals surface area (Å²) >= 11 is 0. The van der Waals surface area contributed by atoms with Gasteiger partial charge in [0, 0.05) is 19.6 Å². The third-order valence-corrected chi connectivity index (χ3v) is 5.25. The zero-order valence-electron chi connectivity index (χ0n) is 16.9. The molecular formula is C21H30FN3O3. The maximum Gasteiger partial charge on any atom is 0.407 e. The number of rotatable bonds is 4. The van der Waals surface area contributed by atoms with Gasteiger partial charge >= 0.3 is 6.09 Å². The molecule has 2 aliphatic rings. The molecule has 154 valence electrons. The van der Waals surface area contributed by atoms with Gasteiger partial charge in [-0.05, 0) is 64.6 Å². The van der Waals surface area contributed by atoms with E-state index in [-0.39, 0.29) is 23.7 Å². The number of likely N-dealkylation sites (tertiary alicyclic amines) is 1. The molecule has 2 unspecified atom stereocenters. The third kappa shape index (κ3) is 5.01. The number of anilines is 1. The highest BCUT2D eigenvalue weighted by Crippen LogP contribution is 2.29. The predicted molar refractivity (Wildman–Crippen MR) is 106 cm³/mol. The molecule has 2 amide bonds. The number of piperidine rings is 1. The van der Waals surface area contributed by atoms with Crippen molar-refractivity contribution in [3.05, 3.63) is 30.1 Å². The molecule has 1 aromatic rings. The quantitative estimate of drug-likeness (QED) is 0.856. The molecule has 0 spiro atoms. The van der Waals surface area contributed by atoms with E-state index in [1.54, 1.807) is 23.1 Å². The standard InChI is InChI=1S/C21H30FN3O3/c1-21(2,3)28-20(27)23-13-15-7-6-11-24(14-15)18-10-12-25(19(18)26)17-9-5-4-8-16(17)22/h4-5,8-9,15,18H,6-7,10-14H2,1-3H3,(H,23,27). The lowest BCUT2D eigenvalue weighted by Gasteiger charge is -2.36. The van der Waals surface area contributed by atoms with Crippen LogP contribution in [0.4, 0.5) is 14.9 Å². The van der Waals surface area contributed by atoms with Crippen molar-refractivity contribution >= 4 is 17.7 Å². The number of hydrogen-bond donors (Lipinski definition) is 1. The Kier molecular flexibility index (Phi) is 6.23. The van der Waals surface area contributed by atoms with Crippen LogP contribution in [0.15, 0.2) is 24.3 Å². The third-order valence-electron chi connectivity index (χ3n) is 5.25. The number of carbonyl (C=O) groups excluding carboxylic acids is 2. The molecule has 2 saturated heterocycles. The number of hydrogen-bond acceptors (Lipinski definition) is 4. The largest absolute Gasteiger partial charge is 0.444 e. The van der Waals surface area contributed by atoms with E-state index in [1.165, 1.54) is 6.07 Å². The van der Waals surface area contributed by atoms with Crippen molar-refractivity contribution in [1.29, 1.82) is 0 Å². The topological polar surface area (TPSA) is 61.9 Å². The van der Waals surface area contributed by atoms with E-state index in [0.717, 1.165) is 25.9 Å². The maximum atomic E-state index is 14.1. The van der Waals surface area contributed by atoms with Crippen LogP contribution in [0.3, 0.4) is 0 Å². The first kappa shape index (κ1) is 20.6. The normalized spacial score (nSPS) is 23.7. The fourth-order valence-corrected chi connectivity index (χ4v) is 4.00. The molecule has 2 heterocycles. The molecule has 0 aliphatic carbocycles. The number of amides is 2. The number of benzene rings is 1. The number of carbonyl (C=O) groups is 2. The van der Waals surface area contributed by atoms with Crippen molar-refractivity contribution in [2.24, 2.45) is 5.92 Å². The highest BCUT2D eigenvalue weighted by atomic mass is 19.1. The molecule has 7 heteroatoms. The van der Waals surface area contributed by atoms with E-state index in [1.807, 2.05) is 20.8 Å². The Morgan fingerprint density at radius 3 is 2.71 bits per heavy atom. The second kappa shape index (κ2) is 8.47. The summed E-state index contributed by atoms with van der Waals surface area (Å²) in [6.07, 6.45) is 2.26. The Hall–Kier alpha value is -2.15. The number of nitrogens with zero attached hydrogens (tertiary/aromatic N) is 2. The summed E-state index contributed by atoms with van der Waals surface area (Å²) in [5.74, 6) is -0.128. The summed E-state index contributed by atoms with van der Waals surface area (Å²) in [6, 6.07) is 6.19. The Morgan fingerprint density at radius 2 is 2.00 bits per heavy atom.